The van der Waals surface area contributed by atoms with Crippen molar-refractivity contribution in [3.8, 4) is 6.07 Å². The van der Waals surface area contributed by atoms with Gasteiger partial charge in [0.25, 0.3) is 0 Å². The van der Waals surface area contributed by atoms with Crippen molar-refractivity contribution in [1.82, 2.24) is 14.8 Å². The highest BCUT2D eigenvalue weighted by atomic mass is 16.4. The van der Waals surface area contributed by atoms with Crippen LogP contribution in [-0.2, 0) is 6.54 Å². The summed E-state index contributed by atoms with van der Waals surface area (Å²) in [6.45, 7) is 4.52. The largest absolute Gasteiger partial charge is 0.465 e. The van der Waals surface area contributed by atoms with E-state index in [1.807, 2.05) is 19.1 Å². The first kappa shape index (κ1) is 13.3. The highest BCUT2D eigenvalue weighted by Crippen LogP contribution is 2.12. The second kappa shape index (κ2) is 5.67. The fourth-order valence-electron chi connectivity index (χ4n) is 2.27. The van der Waals surface area contributed by atoms with Gasteiger partial charge in [0.15, 0.2) is 0 Å². The van der Waals surface area contributed by atoms with Gasteiger partial charge in [-0.05, 0) is 19.1 Å². The summed E-state index contributed by atoms with van der Waals surface area (Å²) in [6, 6.07) is 5.61. The van der Waals surface area contributed by atoms with E-state index in [0.29, 0.717) is 31.7 Å². The van der Waals surface area contributed by atoms with Gasteiger partial charge in [0.1, 0.15) is 6.07 Å². The van der Waals surface area contributed by atoms with Gasteiger partial charge in [0, 0.05) is 38.4 Å². The molecule has 6 heteroatoms. The molecule has 1 aromatic rings. The van der Waals surface area contributed by atoms with Gasteiger partial charge in [-0.1, -0.05) is 0 Å². The molecule has 0 bridgehead atoms. The third-order valence-corrected chi connectivity index (χ3v) is 3.30. The van der Waals surface area contributed by atoms with Gasteiger partial charge in [-0.3, -0.25) is 9.88 Å². The minimum absolute atomic E-state index is 0.00960. The second-order valence-electron chi connectivity index (χ2n) is 4.71. The van der Waals surface area contributed by atoms with E-state index in [2.05, 4.69) is 9.88 Å². The van der Waals surface area contributed by atoms with Gasteiger partial charge in [-0.2, -0.15) is 5.26 Å². The average molecular weight is 260 g/mol. The molecule has 1 aliphatic rings. The molecule has 1 fully saturated rings. The molecule has 100 valence electrons. The number of piperazine rings is 1. The monoisotopic (exact) mass is 260 g/mol. The van der Waals surface area contributed by atoms with Crippen LogP contribution in [0.2, 0.25) is 0 Å². The Morgan fingerprint density at radius 1 is 1.58 bits per heavy atom. The van der Waals surface area contributed by atoms with E-state index in [-0.39, 0.29) is 6.04 Å². The normalized spacial score (nSPS) is 20.0. The van der Waals surface area contributed by atoms with Crippen molar-refractivity contribution in [2.45, 2.75) is 19.5 Å². The van der Waals surface area contributed by atoms with Crippen LogP contribution in [0.25, 0.3) is 0 Å². The van der Waals surface area contributed by atoms with Crippen molar-refractivity contribution >= 4 is 6.09 Å². The van der Waals surface area contributed by atoms with Crippen molar-refractivity contribution in [3.05, 3.63) is 29.6 Å². The number of amides is 1. The maximum Gasteiger partial charge on any atom is 0.407 e. The van der Waals surface area contributed by atoms with Gasteiger partial charge in [0.05, 0.1) is 11.3 Å². The second-order valence-corrected chi connectivity index (χ2v) is 4.71. The number of hydrogen-bond donors (Lipinski definition) is 1. The number of nitrogens with zero attached hydrogens (tertiary/aromatic N) is 4. The fraction of sp³-hybridized carbons (Fsp3) is 0.462. The number of rotatable bonds is 2. The molecule has 1 aromatic heterocycles. The van der Waals surface area contributed by atoms with E-state index in [4.69, 9.17) is 10.4 Å². The van der Waals surface area contributed by atoms with E-state index in [9.17, 15) is 4.79 Å². The molecule has 19 heavy (non-hydrogen) atoms. The lowest BCUT2D eigenvalue weighted by atomic mass is 10.2. The zero-order chi connectivity index (χ0) is 13.8. The molecule has 0 spiro atoms. The molecule has 1 aliphatic heterocycles. The summed E-state index contributed by atoms with van der Waals surface area (Å²) in [5.74, 6) is 0. The van der Waals surface area contributed by atoms with Gasteiger partial charge >= 0.3 is 6.09 Å². The topological polar surface area (TPSA) is 80.5 Å². The van der Waals surface area contributed by atoms with Crippen molar-refractivity contribution in [1.29, 1.82) is 5.26 Å². The van der Waals surface area contributed by atoms with E-state index in [1.165, 1.54) is 4.90 Å². The zero-order valence-corrected chi connectivity index (χ0v) is 10.8. The van der Waals surface area contributed by atoms with Crippen LogP contribution in [0.5, 0.6) is 0 Å². The Morgan fingerprint density at radius 2 is 2.37 bits per heavy atom. The Balaban J connectivity index is 1.94. The SMILES string of the molecule is CC1CN(Cc2ccc(C#N)cn2)CCN1C(=O)O. The van der Waals surface area contributed by atoms with Crippen LogP contribution in [0.1, 0.15) is 18.2 Å². The smallest absolute Gasteiger partial charge is 0.407 e. The molecular formula is C13H16N4O2. The Bertz CT molecular complexity index is 494. The van der Waals surface area contributed by atoms with Gasteiger partial charge in [0.2, 0.25) is 0 Å². The highest BCUT2D eigenvalue weighted by molar-refractivity contribution is 5.65. The van der Waals surface area contributed by atoms with Gasteiger partial charge in [-0.25, -0.2) is 4.79 Å². The molecule has 2 heterocycles. The van der Waals surface area contributed by atoms with E-state index < -0.39 is 6.09 Å². The number of aromatic nitrogens is 1. The summed E-state index contributed by atoms with van der Waals surface area (Å²) in [4.78, 5) is 18.8. The quantitative estimate of drug-likeness (QED) is 0.862. The number of nitriles is 1. The lowest BCUT2D eigenvalue weighted by Gasteiger charge is -2.38. The van der Waals surface area contributed by atoms with Gasteiger partial charge < -0.3 is 10.0 Å². The van der Waals surface area contributed by atoms with Crippen LogP contribution >= 0.6 is 0 Å². The molecule has 2 rings (SSSR count). The Kier molecular flexibility index (Phi) is 3.97. The van der Waals surface area contributed by atoms with Crippen molar-refractivity contribution in [2.24, 2.45) is 0 Å². The van der Waals surface area contributed by atoms with Crippen LogP contribution < -0.4 is 0 Å². The Morgan fingerprint density at radius 3 is 2.89 bits per heavy atom. The fourth-order valence-corrected chi connectivity index (χ4v) is 2.27. The first-order valence-electron chi connectivity index (χ1n) is 6.17. The molecule has 0 saturated carbocycles. The van der Waals surface area contributed by atoms with Crippen molar-refractivity contribution in [2.75, 3.05) is 19.6 Å². The number of carbonyl (C=O) groups is 1. The minimum atomic E-state index is -0.858. The molecule has 1 N–H and O–H groups in total. The lowest BCUT2D eigenvalue weighted by molar-refractivity contribution is 0.0706. The molecule has 1 unspecified atom stereocenters. The minimum Gasteiger partial charge on any atom is -0.465 e. The van der Waals surface area contributed by atoms with E-state index >= 15 is 0 Å². The van der Waals surface area contributed by atoms with Gasteiger partial charge in [-0.15, -0.1) is 0 Å². The van der Waals surface area contributed by atoms with E-state index in [1.54, 1.807) is 12.3 Å². The third-order valence-electron chi connectivity index (χ3n) is 3.30. The molecule has 0 aromatic carbocycles. The van der Waals surface area contributed by atoms with Crippen LogP contribution in [0, 0.1) is 11.3 Å². The van der Waals surface area contributed by atoms with Crippen LogP contribution in [0.4, 0.5) is 4.79 Å². The number of hydrogen-bond acceptors (Lipinski definition) is 4. The standard InChI is InChI=1S/C13H16N4O2/c1-10-8-16(4-5-17(10)13(18)19)9-12-3-2-11(6-14)7-15-12/h2-3,7,10H,4-5,8-9H2,1H3,(H,18,19). The summed E-state index contributed by atoms with van der Waals surface area (Å²) in [5, 5.41) is 17.7. The van der Waals surface area contributed by atoms with Crippen LogP contribution in [0.3, 0.4) is 0 Å². The summed E-state index contributed by atoms with van der Waals surface area (Å²) in [6.07, 6.45) is 0.704. The highest BCUT2D eigenvalue weighted by Gasteiger charge is 2.26. The summed E-state index contributed by atoms with van der Waals surface area (Å²) in [7, 11) is 0. The third kappa shape index (κ3) is 3.20. The summed E-state index contributed by atoms with van der Waals surface area (Å²) in [5.41, 5.74) is 1.45. The zero-order valence-electron chi connectivity index (χ0n) is 10.8. The maximum atomic E-state index is 11.0. The predicted molar refractivity (Wildman–Crippen MR) is 68.4 cm³/mol. The first-order chi connectivity index (χ1) is 9.10. The maximum absolute atomic E-state index is 11.0. The van der Waals surface area contributed by atoms with Crippen LogP contribution in [0.15, 0.2) is 18.3 Å². The average Bonchev–Trinajstić information content (AvgIpc) is 2.39. The molecule has 1 atom stereocenters. The molecular weight excluding hydrogens is 244 g/mol. The van der Waals surface area contributed by atoms with Crippen LogP contribution in [-0.4, -0.2) is 51.7 Å². The predicted octanol–water partition coefficient (Wildman–Crippen LogP) is 1.14. The first-order valence-corrected chi connectivity index (χ1v) is 6.17. The molecule has 1 saturated heterocycles. The summed E-state index contributed by atoms with van der Waals surface area (Å²) >= 11 is 0. The van der Waals surface area contributed by atoms with E-state index in [0.717, 1.165) is 5.69 Å². The van der Waals surface area contributed by atoms with Crippen molar-refractivity contribution in [3.63, 3.8) is 0 Å². The lowest BCUT2D eigenvalue weighted by Crippen LogP contribution is -2.53. The Labute approximate surface area is 111 Å². The molecule has 0 radical (unpaired) electrons. The molecule has 6 nitrogen and oxygen atoms in total. The Hall–Kier alpha value is -2.13. The summed E-state index contributed by atoms with van der Waals surface area (Å²) < 4.78 is 0. The van der Waals surface area contributed by atoms with Crippen molar-refractivity contribution < 1.29 is 9.90 Å². The number of carboxylic acid groups (broad SMARTS) is 1. The molecule has 0 aliphatic carbocycles. The number of pyridine rings is 1. The molecule has 1 amide bonds.